The molecule has 0 radical (unpaired) electrons. The fourth-order valence-corrected chi connectivity index (χ4v) is 1.70. The summed E-state index contributed by atoms with van der Waals surface area (Å²) in [5, 5.41) is 18.6. The molecule has 0 spiro atoms. The number of amides is 1. The third-order valence-corrected chi connectivity index (χ3v) is 2.62. The van der Waals surface area contributed by atoms with Gasteiger partial charge in [0.05, 0.1) is 12.1 Å². The first kappa shape index (κ1) is 13.0. The number of hydrogen-bond donors (Lipinski definition) is 3. The number of aliphatic carboxylic acids is 1. The maximum absolute atomic E-state index is 12.0. The number of hydrogen-bond acceptors (Lipinski definition) is 4. The minimum absolute atomic E-state index is 0.108. The third kappa shape index (κ3) is 2.71. The van der Waals surface area contributed by atoms with Gasteiger partial charge in [-0.1, -0.05) is 18.2 Å². The van der Waals surface area contributed by atoms with E-state index in [2.05, 4.69) is 15.5 Å². The standard InChI is InChI=1S/C12H13N3O4/c1-19-6-9(12(17)18)13-11(16)10-7-4-2-3-5-8(7)14-15-10/h2-5,9H,6H2,1H3,(H,13,16)(H,14,15)(H,17,18). The van der Waals surface area contributed by atoms with E-state index in [9.17, 15) is 9.59 Å². The first-order valence-electron chi connectivity index (χ1n) is 5.59. The number of rotatable bonds is 5. The molecule has 2 aromatic rings. The number of benzene rings is 1. The molecular formula is C12H13N3O4. The fourth-order valence-electron chi connectivity index (χ4n) is 1.70. The molecule has 0 saturated heterocycles. The minimum Gasteiger partial charge on any atom is -0.480 e. The maximum atomic E-state index is 12.0. The molecule has 0 aliphatic carbocycles. The van der Waals surface area contributed by atoms with Crippen LogP contribution in [0.2, 0.25) is 0 Å². The van der Waals surface area contributed by atoms with Crippen molar-refractivity contribution in [2.75, 3.05) is 13.7 Å². The molecule has 7 heteroatoms. The first-order chi connectivity index (χ1) is 9.13. The number of fused-ring (bicyclic) bond motifs is 1. The number of para-hydroxylation sites is 1. The molecule has 0 fully saturated rings. The van der Waals surface area contributed by atoms with E-state index in [1.54, 1.807) is 18.2 Å². The third-order valence-electron chi connectivity index (χ3n) is 2.62. The molecule has 1 aromatic heterocycles. The molecule has 0 aliphatic heterocycles. The Balaban J connectivity index is 2.22. The number of nitrogens with zero attached hydrogens (tertiary/aromatic N) is 1. The van der Waals surface area contributed by atoms with Gasteiger partial charge in [0.2, 0.25) is 0 Å². The second-order valence-corrected chi connectivity index (χ2v) is 3.94. The molecule has 0 saturated carbocycles. The largest absolute Gasteiger partial charge is 0.480 e. The van der Waals surface area contributed by atoms with Crippen LogP contribution in [-0.2, 0) is 9.53 Å². The summed E-state index contributed by atoms with van der Waals surface area (Å²) in [7, 11) is 1.37. The van der Waals surface area contributed by atoms with Crippen LogP contribution in [0.4, 0.5) is 0 Å². The van der Waals surface area contributed by atoms with Crippen LogP contribution in [0, 0.1) is 0 Å². The Kier molecular flexibility index (Phi) is 3.76. The van der Waals surface area contributed by atoms with Gasteiger partial charge >= 0.3 is 5.97 Å². The molecule has 2 rings (SSSR count). The summed E-state index contributed by atoms with van der Waals surface area (Å²) >= 11 is 0. The highest BCUT2D eigenvalue weighted by atomic mass is 16.5. The lowest BCUT2D eigenvalue weighted by molar-refractivity contribution is -0.140. The Hall–Kier alpha value is -2.41. The van der Waals surface area contributed by atoms with Gasteiger partial charge in [0, 0.05) is 12.5 Å². The number of carbonyl (C=O) groups is 2. The van der Waals surface area contributed by atoms with E-state index in [4.69, 9.17) is 9.84 Å². The second kappa shape index (κ2) is 5.49. The first-order valence-corrected chi connectivity index (χ1v) is 5.59. The Morgan fingerprint density at radius 1 is 1.47 bits per heavy atom. The molecule has 0 aliphatic rings. The van der Waals surface area contributed by atoms with E-state index in [0.717, 1.165) is 0 Å². The fraction of sp³-hybridized carbons (Fsp3) is 0.250. The molecule has 7 nitrogen and oxygen atoms in total. The zero-order valence-corrected chi connectivity index (χ0v) is 10.2. The quantitative estimate of drug-likeness (QED) is 0.724. The predicted molar refractivity (Wildman–Crippen MR) is 66.9 cm³/mol. The number of carbonyl (C=O) groups excluding carboxylic acids is 1. The summed E-state index contributed by atoms with van der Waals surface area (Å²) in [6, 6.07) is 6.00. The lowest BCUT2D eigenvalue weighted by Gasteiger charge is -2.12. The van der Waals surface area contributed by atoms with Gasteiger partial charge in [0.1, 0.15) is 0 Å². The van der Waals surface area contributed by atoms with E-state index in [0.29, 0.717) is 10.9 Å². The molecule has 3 N–H and O–H groups in total. The van der Waals surface area contributed by atoms with Gasteiger partial charge in [-0.05, 0) is 6.07 Å². The molecule has 19 heavy (non-hydrogen) atoms. The minimum atomic E-state index is -1.16. The van der Waals surface area contributed by atoms with Crippen molar-refractivity contribution in [3.05, 3.63) is 30.0 Å². The van der Waals surface area contributed by atoms with Crippen molar-refractivity contribution >= 4 is 22.8 Å². The lowest BCUT2D eigenvalue weighted by Crippen LogP contribution is -2.44. The molecular weight excluding hydrogens is 250 g/mol. The summed E-state index contributed by atoms with van der Waals surface area (Å²) in [4.78, 5) is 22.9. The van der Waals surface area contributed by atoms with Gasteiger partial charge in [0.25, 0.3) is 5.91 Å². The van der Waals surface area contributed by atoms with Crippen LogP contribution in [0.25, 0.3) is 10.9 Å². The number of methoxy groups -OCH3 is 1. The number of carboxylic acids is 1. The smallest absolute Gasteiger partial charge is 0.328 e. The van der Waals surface area contributed by atoms with Crippen molar-refractivity contribution in [2.24, 2.45) is 0 Å². The van der Waals surface area contributed by atoms with Crippen LogP contribution in [0.15, 0.2) is 24.3 Å². The SMILES string of the molecule is COCC(NC(=O)c1n[nH]c2ccccc12)C(=O)O. The predicted octanol–water partition coefficient (Wildman–Crippen LogP) is 0.392. The second-order valence-electron chi connectivity index (χ2n) is 3.94. The van der Waals surface area contributed by atoms with Crippen molar-refractivity contribution in [2.45, 2.75) is 6.04 Å². The molecule has 0 bridgehead atoms. The topological polar surface area (TPSA) is 104 Å². The van der Waals surface area contributed by atoms with Crippen LogP contribution < -0.4 is 5.32 Å². The van der Waals surface area contributed by atoms with Gasteiger partial charge in [0.15, 0.2) is 11.7 Å². The Morgan fingerprint density at radius 3 is 2.89 bits per heavy atom. The van der Waals surface area contributed by atoms with Gasteiger partial charge in [-0.3, -0.25) is 9.89 Å². The van der Waals surface area contributed by atoms with E-state index in [1.165, 1.54) is 7.11 Å². The van der Waals surface area contributed by atoms with Gasteiger partial charge in [-0.25, -0.2) is 4.79 Å². The summed E-state index contributed by atoms with van der Waals surface area (Å²) in [6.07, 6.45) is 0. The van der Waals surface area contributed by atoms with Crippen LogP contribution in [0.3, 0.4) is 0 Å². The highest BCUT2D eigenvalue weighted by Crippen LogP contribution is 2.14. The van der Waals surface area contributed by atoms with E-state index >= 15 is 0 Å². The normalized spacial score (nSPS) is 12.3. The molecule has 1 atom stereocenters. The van der Waals surface area contributed by atoms with Crippen molar-refractivity contribution in [3.63, 3.8) is 0 Å². The van der Waals surface area contributed by atoms with Gasteiger partial charge in [-0.2, -0.15) is 5.10 Å². The monoisotopic (exact) mass is 263 g/mol. The summed E-state index contributed by atoms with van der Waals surface area (Å²) in [6.45, 7) is -0.108. The number of H-pyrrole nitrogens is 1. The van der Waals surface area contributed by atoms with Gasteiger partial charge in [-0.15, -0.1) is 0 Å². The average molecular weight is 263 g/mol. The van der Waals surface area contributed by atoms with Crippen molar-refractivity contribution < 1.29 is 19.4 Å². The van der Waals surface area contributed by atoms with E-state index in [-0.39, 0.29) is 12.3 Å². The zero-order valence-electron chi connectivity index (χ0n) is 10.2. The molecule has 100 valence electrons. The molecule has 1 aromatic carbocycles. The Labute approximate surface area is 108 Å². The van der Waals surface area contributed by atoms with Crippen molar-refractivity contribution in [1.29, 1.82) is 0 Å². The van der Waals surface area contributed by atoms with Crippen LogP contribution in [-0.4, -0.2) is 46.9 Å². The van der Waals surface area contributed by atoms with E-state index in [1.807, 2.05) is 6.07 Å². The highest BCUT2D eigenvalue weighted by molar-refractivity contribution is 6.05. The number of carboxylic acid groups (broad SMARTS) is 1. The summed E-state index contributed by atoms with van der Waals surface area (Å²) < 4.78 is 4.75. The highest BCUT2D eigenvalue weighted by Gasteiger charge is 2.22. The zero-order chi connectivity index (χ0) is 13.8. The molecule has 1 heterocycles. The van der Waals surface area contributed by atoms with Crippen LogP contribution in [0.1, 0.15) is 10.5 Å². The van der Waals surface area contributed by atoms with E-state index < -0.39 is 17.9 Å². The number of ether oxygens (including phenoxy) is 1. The number of aromatic amines is 1. The van der Waals surface area contributed by atoms with Crippen molar-refractivity contribution in [3.8, 4) is 0 Å². The average Bonchev–Trinajstić information content (AvgIpc) is 2.81. The Bertz CT molecular complexity index is 608. The number of nitrogens with one attached hydrogen (secondary N) is 2. The maximum Gasteiger partial charge on any atom is 0.328 e. The van der Waals surface area contributed by atoms with Crippen LogP contribution >= 0.6 is 0 Å². The number of aromatic nitrogens is 2. The summed E-state index contributed by atoms with van der Waals surface area (Å²) in [5.41, 5.74) is 0.879. The van der Waals surface area contributed by atoms with Gasteiger partial charge < -0.3 is 15.2 Å². The Morgan fingerprint density at radius 2 is 2.21 bits per heavy atom. The van der Waals surface area contributed by atoms with Crippen molar-refractivity contribution in [1.82, 2.24) is 15.5 Å². The molecule has 1 unspecified atom stereocenters. The lowest BCUT2D eigenvalue weighted by atomic mass is 10.2. The molecule has 1 amide bonds. The van der Waals surface area contributed by atoms with Crippen LogP contribution in [0.5, 0.6) is 0 Å². The summed E-state index contributed by atoms with van der Waals surface area (Å²) in [5.74, 6) is -1.71.